The number of unbranched alkanes of at least 4 members (excludes halogenated alkanes) is 9. The Labute approximate surface area is 151 Å². The van der Waals surface area contributed by atoms with Crippen LogP contribution in [0.25, 0.3) is 0 Å². The van der Waals surface area contributed by atoms with E-state index in [1.165, 1.54) is 90.3 Å². The van der Waals surface area contributed by atoms with Crippen LogP contribution in [-0.4, -0.2) is 39.1 Å². The van der Waals surface area contributed by atoms with Crippen molar-refractivity contribution in [2.75, 3.05) is 19.6 Å². The number of hydrogen-bond acceptors (Lipinski definition) is 0. The van der Waals surface area contributed by atoms with Crippen LogP contribution < -0.4 is 4.90 Å². The minimum atomic E-state index is -11.2. The van der Waals surface area contributed by atoms with Crippen molar-refractivity contribution in [1.29, 1.82) is 0 Å². The first-order chi connectivity index (χ1) is 11.3. The Bertz CT molecular complexity index is 332. The molecule has 1 rings (SSSR count). The van der Waals surface area contributed by atoms with Crippen LogP contribution in [0.15, 0.2) is 0 Å². The molecule has 0 bridgehead atoms. The molecular weight excluding hydrogens is 454 g/mol. The van der Waals surface area contributed by atoms with E-state index in [0.717, 1.165) is 5.92 Å². The summed E-state index contributed by atoms with van der Waals surface area (Å²) in [7, 11) is 0. The molecule has 1 saturated heterocycles. The van der Waals surface area contributed by atoms with E-state index in [2.05, 4.69) is 13.8 Å². The normalized spacial score (nSPS) is 23.5. The van der Waals surface area contributed by atoms with Gasteiger partial charge in [0.15, 0.2) is 0 Å². The molecule has 1 fully saturated rings. The first-order valence-electron chi connectivity index (χ1n) is 9.68. The maximum absolute atomic E-state index is 11.2. The molecule has 1 aliphatic rings. The predicted octanol–water partition coefficient (Wildman–Crippen LogP) is 5.97. The molecule has 1 aliphatic heterocycles. The second-order valence-electron chi connectivity index (χ2n) is 7.49. The minimum absolute atomic E-state index is 0.989. The fourth-order valence-corrected chi connectivity index (χ4v) is 3.24. The standard InChI is InChI=1S/C17H35N.6FH.Sb/c1-3-4-5-6-7-8-9-10-11-12-14-18-15-13-17(2)16-18;;;;;;;/h17H,3-16H2,1-2H3;6*1H;/q;;;;;;;+5/p-5. The molecule has 0 amide bonds. The molecule has 0 aromatic carbocycles. The maximum atomic E-state index is 9.93. The Hall–Kier alpha value is 0.358. The van der Waals surface area contributed by atoms with E-state index in [4.69, 9.17) is 0 Å². The fraction of sp³-hybridized carbons (Fsp3) is 1.00. The molecule has 1 heterocycles. The van der Waals surface area contributed by atoms with E-state index < -0.39 is 19.5 Å². The Morgan fingerprint density at radius 2 is 1.16 bits per heavy atom. The van der Waals surface area contributed by atoms with Gasteiger partial charge in [-0.2, -0.15) is 0 Å². The zero-order chi connectivity index (χ0) is 19.5. The van der Waals surface area contributed by atoms with E-state index >= 15 is 0 Å². The Morgan fingerprint density at radius 3 is 1.52 bits per heavy atom. The zero-order valence-corrected chi connectivity index (χ0v) is 18.2. The van der Waals surface area contributed by atoms with Crippen LogP contribution in [0.3, 0.4) is 0 Å². The third kappa shape index (κ3) is 26.7. The fourth-order valence-electron chi connectivity index (χ4n) is 3.24. The van der Waals surface area contributed by atoms with Crippen molar-refractivity contribution in [2.45, 2.75) is 84.5 Å². The SMILES string of the molecule is CCCCCCCCCCCC[NH+]1CCC(C)C1.[F][Sb-]([F])([F])([F])([F])[F]. The number of rotatable bonds is 11. The van der Waals surface area contributed by atoms with E-state index in [9.17, 15) is 16.9 Å². The molecule has 0 spiro atoms. The molecule has 156 valence electrons. The van der Waals surface area contributed by atoms with Gasteiger partial charge in [-0.05, 0) is 12.8 Å². The van der Waals surface area contributed by atoms with Crippen LogP contribution in [-0.2, 0) is 0 Å². The summed E-state index contributed by atoms with van der Waals surface area (Å²) < 4.78 is 59.6. The van der Waals surface area contributed by atoms with Crippen LogP contribution in [0.4, 0.5) is 16.9 Å². The molecule has 8 heteroatoms. The monoisotopic (exact) mass is 489 g/mol. The van der Waals surface area contributed by atoms with Gasteiger partial charge in [0.2, 0.25) is 0 Å². The van der Waals surface area contributed by atoms with Crippen LogP contribution in [0.1, 0.15) is 84.5 Å². The Kier molecular flexibility index (Phi) is 10.8. The van der Waals surface area contributed by atoms with Crippen molar-refractivity contribution in [3.05, 3.63) is 0 Å². The van der Waals surface area contributed by atoms with Gasteiger partial charge in [0.25, 0.3) is 0 Å². The number of nitrogens with one attached hydrogen (secondary N) is 1. The number of hydrogen-bond donors (Lipinski definition) is 1. The Balaban J connectivity index is 0.000000697. The van der Waals surface area contributed by atoms with Gasteiger partial charge in [0.1, 0.15) is 0 Å². The molecule has 2 unspecified atom stereocenters. The van der Waals surface area contributed by atoms with Gasteiger partial charge in [0.05, 0.1) is 19.6 Å². The second-order valence-corrected chi connectivity index (χ2v) is 13.0. The molecule has 0 aromatic rings. The number of likely N-dealkylation sites (tertiary alicyclic amines) is 1. The third-order valence-corrected chi connectivity index (χ3v) is 4.51. The topological polar surface area (TPSA) is 4.44 Å². The van der Waals surface area contributed by atoms with Crippen molar-refractivity contribution in [2.24, 2.45) is 5.92 Å². The van der Waals surface area contributed by atoms with Gasteiger partial charge >= 0.3 is 36.4 Å². The average molecular weight is 490 g/mol. The van der Waals surface area contributed by atoms with Crippen molar-refractivity contribution < 1.29 is 21.8 Å². The summed E-state index contributed by atoms with van der Waals surface area (Å²) in [6, 6.07) is 0. The molecule has 1 N–H and O–H groups in total. The Morgan fingerprint density at radius 1 is 0.760 bits per heavy atom. The van der Waals surface area contributed by atoms with Gasteiger partial charge in [-0.3, -0.25) is 0 Å². The molecule has 1 nitrogen and oxygen atoms in total. The van der Waals surface area contributed by atoms with Gasteiger partial charge in [-0.25, -0.2) is 0 Å². The molecular formula is C17H36F6NSb. The van der Waals surface area contributed by atoms with Crippen molar-refractivity contribution in [3.8, 4) is 0 Å². The van der Waals surface area contributed by atoms with E-state index in [1.54, 1.807) is 0 Å². The van der Waals surface area contributed by atoms with Gasteiger partial charge < -0.3 is 4.90 Å². The van der Waals surface area contributed by atoms with E-state index in [-0.39, 0.29) is 0 Å². The summed E-state index contributed by atoms with van der Waals surface area (Å²) in [6.45, 7) is 9.03. The average Bonchev–Trinajstić information content (AvgIpc) is 2.83. The van der Waals surface area contributed by atoms with Crippen LogP contribution in [0.2, 0.25) is 0 Å². The van der Waals surface area contributed by atoms with Crippen LogP contribution in [0.5, 0.6) is 0 Å². The molecule has 0 aromatic heterocycles. The summed E-state index contributed by atoms with van der Waals surface area (Å²) in [5.41, 5.74) is 0. The summed E-state index contributed by atoms with van der Waals surface area (Å²) in [4.78, 5) is 1.88. The van der Waals surface area contributed by atoms with E-state index in [1.807, 2.05) is 4.90 Å². The summed E-state index contributed by atoms with van der Waals surface area (Å²) >= 11 is -11.2. The first kappa shape index (κ1) is 25.4. The van der Waals surface area contributed by atoms with Crippen molar-refractivity contribution in [3.63, 3.8) is 0 Å². The second kappa shape index (κ2) is 10.6. The molecule has 2 atom stereocenters. The summed E-state index contributed by atoms with van der Waals surface area (Å²) in [5.74, 6) is 0.989. The van der Waals surface area contributed by atoms with Crippen molar-refractivity contribution >= 4 is 19.5 Å². The van der Waals surface area contributed by atoms with Crippen LogP contribution >= 0.6 is 0 Å². The van der Waals surface area contributed by atoms with Gasteiger partial charge in [-0.15, -0.1) is 0 Å². The first-order valence-corrected chi connectivity index (χ1v) is 15.5. The molecule has 0 saturated carbocycles. The van der Waals surface area contributed by atoms with Gasteiger partial charge in [0, 0.05) is 12.3 Å². The number of halogens is 6. The summed E-state index contributed by atoms with van der Waals surface area (Å²) in [6.07, 6.45) is 16.1. The molecule has 0 aliphatic carbocycles. The molecule has 25 heavy (non-hydrogen) atoms. The predicted molar refractivity (Wildman–Crippen MR) is 93.6 cm³/mol. The number of quaternary nitrogens is 1. The molecule has 0 radical (unpaired) electrons. The van der Waals surface area contributed by atoms with Gasteiger partial charge in [-0.1, -0.05) is 65.2 Å². The zero-order valence-electron chi connectivity index (χ0n) is 15.7. The van der Waals surface area contributed by atoms with Crippen LogP contribution in [0, 0.1) is 5.92 Å². The van der Waals surface area contributed by atoms with E-state index in [0.29, 0.717) is 0 Å². The van der Waals surface area contributed by atoms with Crippen molar-refractivity contribution in [1.82, 2.24) is 0 Å². The quantitative estimate of drug-likeness (QED) is 0.207. The summed E-state index contributed by atoms with van der Waals surface area (Å²) in [5, 5.41) is 0. The third-order valence-electron chi connectivity index (χ3n) is 4.51.